The van der Waals surface area contributed by atoms with Gasteiger partial charge in [-0.1, -0.05) is 35.3 Å². The van der Waals surface area contributed by atoms with E-state index in [2.05, 4.69) is 15.8 Å². The van der Waals surface area contributed by atoms with Gasteiger partial charge in [0.25, 0.3) is 5.91 Å². The molecule has 1 aromatic heterocycles. The van der Waals surface area contributed by atoms with Crippen LogP contribution in [-0.4, -0.2) is 16.8 Å². The van der Waals surface area contributed by atoms with Gasteiger partial charge in [-0.3, -0.25) is 20.4 Å². The summed E-state index contributed by atoms with van der Waals surface area (Å²) >= 11 is 13.4. The van der Waals surface area contributed by atoms with Gasteiger partial charge < -0.3 is 0 Å². The van der Waals surface area contributed by atoms with E-state index in [0.29, 0.717) is 17.9 Å². The molecule has 3 rings (SSSR count). The Labute approximate surface area is 164 Å². The Hall–Kier alpha value is -2.15. The van der Waals surface area contributed by atoms with Crippen LogP contribution >= 0.6 is 34.5 Å². The number of hydrogen-bond acceptors (Lipinski definition) is 4. The monoisotopic (exact) mass is 407 g/mol. The fourth-order valence-corrected chi connectivity index (χ4v) is 3.86. The molecule has 0 aliphatic carbocycles. The number of thiazole rings is 1. The average molecular weight is 408 g/mol. The number of aromatic nitrogens is 1. The van der Waals surface area contributed by atoms with Crippen molar-refractivity contribution < 1.29 is 9.59 Å². The molecule has 0 aliphatic rings. The van der Waals surface area contributed by atoms with Gasteiger partial charge in [0.2, 0.25) is 5.91 Å². The van der Waals surface area contributed by atoms with E-state index < -0.39 is 5.91 Å². The zero-order valence-corrected chi connectivity index (χ0v) is 15.9. The lowest BCUT2D eigenvalue weighted by molar-refractivity contribution is -0.121. The van der Waals surface area contributed by atoms with Crippen LogP contribution in [-0.2, 0) is 11.2 Å². The minimum atomic E-state index is -0.494. The van der Waals surface area contributed by atoms with Crippen LogP contribution in [0.5, 0.6) is 0 Å². The van der Waals surface area contributed by atoms with Gasteiger partial charge in [0.1, 0.15) is 0 Å². The topological polar surface area (TPSA) is 71.1 Å². The molecule has 2 N–H and O–H groups in total. The van der Waals surface area contributed by atoms with Crippen LogP contribution in [0.2, 0.25) is 10.0 Å². The Bertz CT molecular complexity index is 926. The van der Waals surface area contributed by atoms with E-state index in [1.54, 1.807) is 17.4 Å². The molecule has 8 heteroatoms. The molecule has 3 aromatic rings. The number of fused-ring (bicyclic) bond motifs is 1. The summed E-state index contributed by atoms with van der Waals surface area (Å²) in [5, 5.41) is 1.65. The van der Waals surface area contributed by atoms with Crippen molar-refractivity contribution in [1.82, 2.24) is 15.8 Å². The summed E-state index contributed by atoms with van der Waals surface area (Å²) in [6, 6.07) is 12.5. The van der Waals surface area contributed by atoms with Gasteiger partial charge in [-0.2, -0.15) is 0 Å². The predicted octanol–water partition coefficient (Wildman–Crippen LogP) is 4.39. The molecular formula is C18H15Cl2N3O2S. The number of carbonyl (C=O) groups is 2. The van der Waals surface area contributed by atoms with Gasteiger partial charge in [0.05, 0.1) is 25.8 Å². The maximum atomic E-state index is 12.0. The standard InChI is InChI=1S/C18H15Cl2N3O2S/c19-11-8-9-12(13(20)10-11)18(25)23-22-16(24)6-3-7-17-21-14-4-1-2-5-15(14)26-17/h1-2,4-5,8-10H,3,6-7H2,(H,22,24)(H,23,25). The molecule has 134 valence electrons. The SMILES string of the molecule is O=C(CCCc1nc2ccccc2s1)NNC(=O)c1ccc(Cl)cc1Cl. The molecule has 2 aromatic carbocycles. The second-order valence-corrected chi connectivity index (χ2v) is 7.51. The van der Waals surface area contributed by atoms with E-state index in [1.807, 2.05) is 24.3 Å². The first-order valence-corrected chi connectivity index (χ1v) is 9.49. The van der Waals surface area contributed by atoms with Gasteiger partial charge in [0.15, 0.2) is 0 Å². The van der Waals surface area contributed by atoms with E-state index in [-0.39, 0.29) is 22.9 Å². The van der Waals surface area contributed by atoms with Crippen molar-refractivity contribution in [1.29, 1.82) is 0 Å². The lowest BCUT2D eigenvalue weighted by Crippen LogP contribution is -2.41. The normalized spacial score (nSPS) is 10.7. The number of amides is 2. The fraction of sp³-hybridized carbons (Fsp3) is 0.167. The highest BCUT2D eigenvalue weighted by molar-refractivity contribution is 7.18. The molecule has 0 radical (unpaired) electrons. The second kappa shape index (κ2) is 8.49. The summed E-state index contributed by atoms with van der Waals surface area (Å²) in [6.07, 6.45) is 1.64. The fourth-order valence-electron chi connectivity index (χ4n) is 2.36. The molecule has 1 heterocycles. The Morgan fingerprint density at radius 2 is 1.88 bits per heavy atom. The minimum Gasteiger partial charge on any atom is -0.273 e. The second-order valence-electron chi connectivity index (χ2n) is 5.56. The van der Waals surface area contributed by atoms with Gasteiger partial charge in [0, 0.05) is 11.4 Å². The zero-order valence-electron chi connectivity index (χ0n) is 13.6. The van der Waals surface area contributed by atoms with Crippen LogP contribution in [0.15, 0.2) is 42.5 Å². The zero-order chi connectivity index (χ0) is 18.5. The maximum Gasteiger partial charge on any atom is 0.271 e. The molecule has 0 spiro atoms. The Kier molecular flexibility index (Phi) is 6.08. The Morgan fingerprint density at radius 3 is 2.65 bits per heavy atom. The summed E-state index contributed by atoms with van der Waals surface area (Å²) in [7, 11) is 0. The quantitative estimate of drug-likeness (QED) is 0.616. The van der Waals surface area contributed by atoms with Crippen molar-refractivity contribution in [3.63, 3.8) is 0 Å². The van der Waals surface area contributed by atoms with Gasteiger partial charge in [-0.05, 0) is 43.2 Å². The molecule has 0 fully saturated rings. The highest BCUT2D eigenvalue weighted by Gasteiger charge is 2.12. The third-order valence-corrected chi connectivity index (χ3v) is 5.27. The van der Waals surface area contributed by atoms with E-state index in [1.165, 1.54) is 12.1 Å². The van der Waals surface area contributed by atoms with Crippen molar-refractivity contribution in [2.75, 3.05) is 0 Å². The van der Waals surface area contributed by atoms with E-state index in [0.717, 1.165) is 15.2 Å². The van der Waals surface area contributed by atoms with Gasteiger partial charge in [-0.15, -0.1) is 11.3 Å². The smallest absolute Gasteiger partial charge is 0.271 e. The summed E-state index contributed by atoms with van der Waals surface area (Å²) in [4.78, 5) is 28.4. The third kappa shape index (κ3) is 4.72. The van der Waals surface area contributed by atoms with Crippen molar-refractivity contribution >= 4 is 56.6 Å². The lowest BCUT2D eigenvalue weighted by Gasteiger charge is -2.08. The number of hydrogen-bond donors (Lipinski definition) is 2. The predicted molar refractivity (Wildman–Crippen MR) is 105 cm³/mol. The summed E-state index contributed by atoms with van der Waals surface area (Å²) < 4.78 is 1.14. The first-order chi connectivity index (χ1) is 12.5. The molecule has 26 heavy (non-hydrogen) atoms. The molecule has 0 unspecified atom stereocenters. The number of nitrogens with one attached hydrogen (secondary N) is 2. The number of para-hydroxylation sites is 1. The average Bonchev–Trinajstić information content (AvgIpc) is 3.02. The van der Waals surface area contributed by atoms with E-state index >= 15 is 0 Å². The Balaban J connectivity index is 1.44. The van der Waals surface area contributed by atoms with Gasteiger partial charge >= 0.3 is 0 Å². The van der Waals surface area contributed by atoms with Crippen LogP contribution in [0.4, 0.5) is 0 Å². The first-order valence-electron chi connectivity index (χ1n) is 7.91. The van der Waals surface area contributed by atoms with Crippen LogP contribution in [0, 0.1) is 0 Å². The van der Waals surface area contributed by atoms with Gasteiger partial charge in [-0.25, -0.2) is 4.98 Å². The number of benzene rings is 2. The van der Waals surface area contributed by atoms with Crippen LogP contribution in [0.1, 0.15) is 28.2 Å². The Morgan fingerprint density at radius 1 is 1.08 bits per heavy atom. The lowest BCUT2D eigenvalue weighted by atomic mass is 10.2. The number of nitrogens with zero attached hydrogens (tertiary/aromatic N) is 1. The summed E-state index contributed by atoms with van der Waals surface area (Å²) in [6.45, 7) is 0. The molecule has 0 saturated heterocycles. The first kappa shape index (κ1) is 18.6. The van der Waals surface area contributed by atoms with Crippen molar-refractivity contribution in [2.45, 2.75) is 19.3 Å². The molecule has 0 bridgehead atoms. The summed E-state index contributed by atoms with van der Waals surface area (Å²) in [5.41, 5.74) is 5.96. The number of hydrazine groups is 1. The van der Waals surface area contributed by atoms with E-state index in [9.17, 15) is 9.59 Å². The molecule has 2 amide bonds. The molecule has 0 atom stereocenters. The van der Waals surface area contributed by atoms with Crippen LogP contribution < -0.4 is 10.9 Å². The number of carbonyl (C=O) groups excluding carboxylic acids is 2. The van der Waals surface area contributed by atoms with Crippen molar-refractivity contribution in [2.24, 2.45) is 0 Å². The highest BCUT2D eigenvalue weighted by atomic mass is 35.5. The summed E-state index contributed by atoms with van der Waals surface area (Å²) in [5.74, 6) is -0.768. The maximum absolute atomic E-state index is 12.0. The largest absolute Gasteiger partial charge is 0.273 e. The van der Waals surface area contributed by atoms with Crippen molar-refractivity contribution in [3.8, 4) is 0 Å². The van der Waals surface area contributed by atoms with Crippen molar-refractivity contribution in [3.05, 3.63) is 63.1 Å². The number of aryl methyl sites for hydroxylation is 1. The minimum absolute atomic E-state index is 0.222. The number of halogens is 2. The molecule has 0 saturated carbocycles. The van der Waals surface area contributed by atoms with E-state index in [4.69, 9.17) is 23.2 Å². The molecule has 0 aliphatic heterocycles. The third-order valence-electron chi connectivity index (χ3n) is 3.62. The molecule has 5 nitrogen and oxygen atoms in total. The van der Waals surface area contributed by atoms with Crippen LogP contribution in [0.3, 0.4) is 0 Å². The van der Waals surface area contributed by atoms with Crippen LogP contribution in [0.25, 0.3) is 10.2 Å². The molecular weight excluding hydrogens is 393 g/mol. The highest BCUT2D eigenvalue weighted by Crippen LogP contribution is 2.23. The number of rotatable bonds is 5.